The molecule has 0 saturated heterocycles. The molecule has 2 N–H and O–H groups in total. The Kier molecular flexibility index (Phi) is 5.30. The summed E-state index contributed by atoms with van der Waals surface area (Å²) >= 11 is 0. The first-order valence-electron chi connectivity index (χ1n) is 5.83. The van der Waals surface area contributed by atoms with Crippen LogP contribution in [0.1, 0.15) is 19.8 Å². The van der Waals surface area contributed by atoms with Crippen LogP contribution >= 0.6 is 0 Å². The molecule has 18 heavy (non-hydrogen) atoms. The molecule has 5 heteroatoms. The van der Waals surface area contributed by atoms with Gasteiger partial charge in [0.2, 0.25) is 0 Å². The van der Waals surface area contributed by atoms with Crippen LogP contribution in [0.5, 0.6) is 11.5 Å². The lowest BCUT2D eigenvalue weighted by molar-refractivity contribution is -0.138. The predicted molar refractivity (Wildman–Crippen MR) is 69.5 cm³/mol. The van der Waals surface area contributed by atoms with Gasteiger partial charge in [-0.05, 0) is 18.6 Å². The minimum Gasteiger partial charge on any atom is -0.497 e. The molecule has 0 fully saturated rings. The van der Waals surface area contributed by atoms with E-state index in [2.05, 4.69) is 5.32 Å². The van der Waals surface area contributed by atoms with Gasteiger partial charge in [0.05, 0.1) is 19.9 Å². The Morgan fingerprint density at radius 1 is 1.39 bits per heavy atom. The van der Waals surface area contributed by atoms with Crippen molar-refractivity contribution in [2.24, 2.45) is 0 Å². The Bertz CT molecular complexity index is 406. The summed E-state index contributed by atoms with van der Waals surface area (Å²) in [6.07, 6.45) is 1.34. The molecule has 1 unspecified atom stereocenters. The number of nitrogens with one attached hydrogen (secondary N) is 1. The summed E-state index contributed by atoms with van der Waals surface area (Å²) in [6.45, 7) is 1.94. The second-order valence-electron chi connectivity index (χ2n) is 3.89. The van der Waals surface area contributed by atoms with Gasteiger partial charge in [0.1, 0.15) is 17.5 Å². The minimum absolute atomic E-state index is 0.551. The standard InChI is InChI=1S/C13H19NO4/c1-4-5-10(13(15)16)14-11-8-9(17-2)6-7-12(11)18-3/h6-8,10,14H,4-5H2,1-3H3,(H,15,16). The van der Waals surface area contributed by atoms with Crippen molar-refractivity contribution in [3.63, 3.8) is 0 Å². The molecule has 1 aromatic carbocycles. The summed E-state index contributed by atoms with van der Waals surface area (Å²) in [7, 11) is 3.11. The smallest absolute Gasteiger partial charge is 0.326 e. The van der Waals surface area contributed by atoms with Crippen LogP contribution in [0, 0.1) is 0 Å². The molecule has 1 aromatic rings. The van der Waals surface area contributed by atoms with Crippen LogP contribution in [-0.2, 0) is 4.79 Å². The van der Waals surface area contributed by atoms with Gasteiger partial charge >= 0.3 is 5.97 Å². The Labute approximate surface area is 107 Å². The molecule has 0 heterocycles. The summed E-state index contributed by atoms with van der Waals surface area (Å²) < 4.78 is 10.3. The molecule has 0 spiro atoms. The normalized spacial score (nSPS) is 11.7. The van der Waals surface area contributed by atoms with Gasteiger partial charge in [-0.2, -0.15) is 0 Å². The third-order valence-corrected chi connectivity index (χ3v) is 2.61. The number of hydrogen-bond donors (Lipinski definition) is 2. The highest BCUT2D eigenvalue weighted by molar-refractivity contribution is 5.78. The van der Waals surface area contributed by atoms with Crippen molar-refractivity contribution in [2.75, 3.05) is 19.5 Å². The fourth-order valence-electron chi connectivity index (χ4n) is 1.66. The maximum absolute atomic E-state index is 11.1. The van der Waals surface area contributed by atoms with Gasteiger partial charge in [-0.3, -0.25) is 0 Å². The molecule has 0 aliphatic heterocycles. The summed E-state index contributed by atoms with van der Waals surface area (Å²) in [5.74, 6) is 0.374. The largest absolute Gasteiger partial charge is 0.497 e. The SMILES string of the molecule is CCCC(Nc1cc(OC)ccc1OC)C(=O)O. The average Bonchev–Trinajstić information content (AvgIpc) is 2.37. The van der Waals surface area contributed by atoms with Crippen LogP contribution < -0.4 is 14.8 Å². The molecule has 0 amide bonds. The number of anilines is 1. The molecule has 0 aliphatic carbocycles. The number of carboxylic acids is 1. The third kappa shape index (κ3) is 3.55. The Balaban J connectivity index is 2.95. The average molecular weight is 253 g/mol. The van der Waals surface area contributed by atoms with Crippen molar-refractivity contribution < 1.29 is 19.4 Å². The number of methoxy groups -OCH3 is 2. The van der Waals surface area contributed by atoms with Crippen molar-refractivity contribution in [3.05, 3.63) is 18.2 Å². The quantitative estimate of drug-likeness (QED) is 0.780. The minimum atomic E-state index is -0.873. The van der Waals surface area contributed by atoms with Crippen molar-refractivity contribution >= 4 is 11.7 Å². The molecule has 0 saturated carbocycles. The van der Waals surface area contributed by atoms with Gasteiger partial charge in [0.15, 0.2) is 0 Å². The lowest BCUT2D eigenvalue weighted by Gasteiger charge is -2.17. The summed E-state index contributed by atoms with van der Waals surface area (Å²) in [5.41, 5.74) is 0.623. The Morgan fingerprint density at radius 2 is 2.11 bits per heavy atom. The number of ether oxygens (including phenoxy) is 2. The maximum Gasteiger partial charge on any atom is 0.326 e. The zero-order chi connectivity index (χ0) is 13.5. The second kappa shape index (κ2) is 6.74. The first-order valence-corrected chi connectivity index (χ1v) is 5.83. The van der Waals surface area contributed by atoms with Gasteiger partial charge in [0, 0.05) is 6.07 Å². The first kappa shape index (κ1) is 14.2. The summed E-state index contributed by atoms with van der Waals surface area (Å²) in [5, 5.41) is 12.1. The number of carboxylic acid groups (broad SMARTS) is 1. The van der Waals surface area contributed by atoms with Gasteiger partial charge < -0.3 is 19.9 Å². The van der Waals surface area contributed by atoms with Crippen LogP contribution in [0.4, 0.5) is 5.69 Å². The molecular weight excluding hydrogens is 234 g/mol. The van der Waals surface area contributed by atoms with E-state index in [-0.39, 0.29) is 0 Å². The lowest BCUT2D eigenvalue weighted by atomic mass is 10.1. The molecule has 0 aliphatic rings. The van der Waals surface area contributed by atoms with E-state index in [0.29, 0.717) is 23.6 Å². The van der Waals surface area contributed by atoms with E-state index in [0.717, 1.165) is 6.42 Å². The maximum atomic E-state index is 11.1. The van der Waals surface area contributed by atoms with Crippen molar-refractivity contribution in [2.45, 2.75) is 25.8 Å². The van der Waals surface area contributed by atoms with Gasteiger partial charge in [-0.1, -0.05) is 13.3 Å². The Morgan fingerprint density at radius 3 is 2.61 bits per heavy atom. The van der Waals surface area contributed by atoms with Crippen LogP contribution in [-0.4, -0.2) is 31.3 Å². The Hall–Kier alpha value is -1.91. The zero-order valence-corrected chi connectivity index (χ0v) is 10.9. The number of carbonyl (C=O) groups is 1. The van der Waals surface area contributed by atoms with Gasteiger partial charge in [0.25, 0.3) is 0 Å². The number of benzene rings is 1. The molecule has 100 valence electrons. The highest BCUT2D eigenvalue weighted by Gasteiger charge is 2.18. The van der Waals surface area contributed by atoms with E-state index < -0.39 is 12.0 Å². The number of aliphatic carboxylic acids is 1. The van der Waals surface area contributed by atoms with Crippen molar-refractivity contribution in [1.82, 2.24) is 0 Å². The molecule has 0 aromatic heterocycles. The fraction of sp³-hybridized carbons (Fsp3) is 0.462. The predicted octanol–water partition coefficient (Wildman–Crippen LogP) is 2.37. The van der Waals surface area contributed by atoms with Gasteiger partial charge in [-0.25, -0.2) is 4.79 Å². The van der Waals surface area contributed by atoms with Crippen molar-refractivity contribution in [1.29, 1.82) is 0 Å². The van der Waals surface area contributed by atoms with Crippen LogP contribution in [0.15, 0.2) is 18.2 Å². The van der Waals surface area contributed by atoms with E-state index in [1.54, 1.807) is 32.4 Å². The highest BCUT2D eigenvalue weighted by atomic mass is 16.5. The number of hydrogen-bond acceptors (Lipinski definition) is 4. The molecule has 1 atom stereocenters. The van der Waals surface area contributed by atoms with Crippen LogP contribution in [0.25, 0.3) is 0 Å². The third-order valence-electron chi connectivity index (χ3n) is 2.61. The van der Waals surface area contributed by atoms with E-state index in [9.17, 15) is 4.79 Å². The molecule has 0 bridgehead atoms. The monoisotopic (exact) mass is 253 g/mol. The summed E-state index contributed by atoms with van der Waals surface area (Å²) in [4.78, 5) is 11.1. The lowest BCUT2D eigenvalue weighted by Crippen LogP contribution is -2.29. The molecule has 1 rings (SSSR count). The van der Waals surface area contributed by atoms with Crippen LogP contribution in [0.2, 0.25) is 0 Å². The summed E-state index contributed by atoms with van der Waals surface area (Å²) in [6, 6.07) is 4.60. The number of rotatable bonds is 7. The first-order chi connectivity index (χ1) is 8.62. The second-order valence-corrected chi connectivity index (χ2v) is 3.89. The molecular formula is C13H19NO4. The topological polar surface area (TPSA) is 67.8 Å². The van der Waals surface area contributed by atoms with E-state index in [1.807, 2.05) is 6.92 Å². The molecule has 5 nitrogen and oxygen atoms in total. The van der Waals surface area contributed by atoms with Crippen molar-refractivity contribution in [3.8, 4) is 11.5 Å². The van der Waals surface area contributed by atoms with E-state index in [1.165, 1.54) is 0 Å². The van der Waals surface area contributed by atoms with E-state index >= 15 is 0 Å². The zero-order valence-electron chi connectivity index (χ0n) is 10.9. The van der Waals surface area contributed by atoms with Gasteiger partial charge in [-0.15, -0.1) is 0 Å². The van der Waals surface area contributed by atoms with E-state index in [4.69, 9.17) is 14.6 Å². The highest BCUT2D eigenvalue weighted by Crippen LogP contribution is 2.29. The van der Waals surface area contributed by atoms with Crippen LogP contribution in [0.3, 0.4) is 0 Å². The molecule has 0 radical (unpaired) electrons. The fourth-order valence-corrected chi connectivity index (χ4v) is 1.66.